The maximum Gasteiger partial charge on any atom is 0.472 e. The van der Waals surface area contributed by atoms with E-state index in [-0.39, 0.29) is 25.7 Å². The van der Waals surface area contributed by atoms with Crippen molar-refractivity contribution in [2.75, 3.05) is 39.6 Å². The molecule has 0 amide bonds. The van der Waals surface area contributed by atoms with Crippen LogP contribution in [0.4, 0.5) is 0 Å². The standard InChI is InChI=1S/C86H168O17P2/c1-5-9-13-17-21-24-27-30-33-35-37-39-41-43-45-47-50-52-55-59-63-67-71-84(89)97-77-82(103-86(91)73-69-65-61-57-54-51-48-46-44-42-40-38-36-34-31-28-25-22-18-14-10-6-2)79-101-105(94,95)99-75-80(87)74-98-104(92,93)100-78-81(76-96-83(88)70-66-62-58-20-16-12-8-4)102-85(90)72-68-64-60-56-53-49-32-29-26-23-19-15-11-7-3/h80-82,87H,5-79H2,1-4H3,(H,92,93)(H,94,95)/t80-,81+,82+/m0/s1. The highest BCUT2D eigenvalue weighted by atomic mass is 31.2. The van der Waals surface area contributed by atoms with Gasteiger partial charge in [-0.25, -0.2) is 9.13 Å². The molecule has 0 fully saturated rings. The van der Waals surface area contributed by atoms with Crippen molar-refractivity contribution in [1.82, 2.24) is 0 Å². The zero-order valence-corrected chi connectivity index (χ0v) is 70.5. The molecule has 0 rings (SSSR count). The summed E-state index contributed by atoms with van der Waals surface area (Å²) in [5.41, 5.74) is 0. The van der Waals surface area contributed by atoms with Crippen LogP contribution in [0.1, 0.15) is 471 Å². The summed E-state index contributed by atoms with van der Waals surface area (Å²) >= 11 is 0. The number of phosphoric acid groups is 2. The maximum atomic E-state index is 13.1. The van der Waals surface area contributed by atoms with Crippen LogP contribution in [0.15, 0.2) is 0 Å². The smallest absolute Gasteiger partial charge is 0.462 e. The molecular formula is C86H168O17P2. The minimum absolute atomic E-state index is 0.108. The zero-order valence-electron chi connectivity index (χ0n) is 68.7. The van der Waals surface area contributed by atoms with E-state index in [0.717, 1.165) is 103 Å². The zero-order chi connectivity index (χ0) is 76.7. The molecule has 0 aliphatic rings. The van der Waals surface area contributed by atoms with Crippen molar-refractivity contribution in [3.05, 3.63) is 0 Å². The van der Waals surface area contributed by atoms with E-state index in [1.54, 1.807) is 0 Å². The van der Waals surface area contributed by atoms with Crippen molar-refractivity contribution in [2.45, 2.75) is 489 Å². The van der Waals surface area contributed by atoms with Gasteiger partial charge in [-0.1, -0.05) is 419 Å². The second-order valence-corrected chi connectivity index (χ2v) is 33.8. The van der Waals surface area contributed by atoms with Gasteiger partial charge in [-0.3, -0.25) is 37.3 Å². The molecule has 0 bridgehead atoms. The Labute approximate surface area is 645 Å². The molecule has 0 aliphatic carbocycles. The Kier molecular flexibility index (Phi) is 78.6. The van der Waals surface area contributed by atoms with Gasteiger partial charge in [0.2, 0.25) is 0 Å². The van der Waals surface area contributed by atoms with E-state index < -0.39 is 97.5 Å². The summed E-state index contributed by atoms with van der Waals surface area (Å²) in [6.07, 6.45) is 75.4. The van der Waals surface area contributed by atoms with Gasteiger partial charge in [0.15, 0.2) is 12.2 Å². The molecule has 105 heavy (non-hydrogen) atoms. The van der Waals surface area contributed by atoms with Crippen LogP contribution in [0, 0.1) is 0 Å². The number of carbonyl (C=O) groups excluding carboxylic acids is 4. The Morgan fingerprint density at radius 2 is 0.381 bits per heavy atom. The highest BCUT2D eigenvalue weighted by Gasteiger charge is 2.30. The lowest BCUT2D eigenvalue weighted by Crippen LogP contribution is -2.30. The summed E-state index contributed by atoms with van der Waals surface area (Å²) in [7, 11) is -9.92. The number of ether oxygens (including phenoxy) is 4. The van der Waals surface area contributed by atoms with Crippen LogP contribution in [-0.2, 0) is 65.4 Å². The number of rotatable bonds is 87. The molecular weight excluding hydrogens is 1370 g/mol. The van der Waals surface area contributed by atoms with Gasteiger partial charge < -0.3 is 33.8 Å². The lowest BCUT2D eigenvalue weighted by Gasteiger charge is -2.21. The largest absolute Gasteiger partial charge is 0.472 e. The Balaban J connectivity index is 5.13. The Hall–Kier alpha value is -1.94. The second kappa shape index (κ2) is 80.1. The summed E-state index contributed by atoms with van der Waals surface area (Å²) in [5.74, 6) is -2.11. The molecule has 0 saturated carbocycles. The van der Waals surface area contributed by atoms with Crippen LogP contribution < -0.4 is 0 Å². The summed E-state index contributed by atoms with van der Waals surface area (Å²) < 4.78 is 68.7. The molecule has 17 nitrogen and oxygen atoms in total. The number of phosphoric ester groups is 2. The number of aliphatic hydroxyl groups is 1. The van der Waals surface area contributed by atoms with Gasteiger partial charge in [0, 0.05) is 25.7 Å². The van der Waals surface area contributed by atoms with E-state index in [1.807, 2.05) is 0 Å². The quantitative estimate of drug-likeness (QED) is 0.0222. The van der Waals surface area contributed by atoms with Crippen LogP contribution >= 0.6 is 15.6 Å². The van der Waals surface area contributed by atoms with E-state index in [0.29, 0.717) is 25.7 Å². The normalized spacial score (nSPS) is 13.7. The van der Waals surface area contributed by atoms with Crippen molar-refractivity contribution < 1.29 is 80.2 Å². The Morgan fingerprint density at radius 1 is 0.229 bits per heavy atom. The lowest BCUT2D eigenvalue weighted by molar-refractivity contribution is -0.161. The molecule has 0 saturated heterocycles. The third-order valence-corrected chi connectivity index (χ3v) is 22.3. The van der Waals surface area contributed by atoms with Gasteiger partial charge in [0.25, 0.3) is 0 Å². The molecule has 0 heterocycles. The van der Waals surface area contributed by atoms with E-state index in [2.05, 4.69) is 27.7 Å². The fourth-order valence-electron chi connectivity index (χ4n) is 13.5. The monoisotopic (exact) mass is 1540 g/mol. The number of unbranched alkanes of at least 4 members (excludes halogenated alkanes) is 61. The predicted molar refractivity (Wildman–Crippen MR) is 432 cm³/mol. The number of carbonyl (C=O) groups is 4. The number of hydrogen-bond donors (Lipinski definition) is 3. The van der Waals surface area contributed by atoms with Crippen LogP contribution in [0.2, 0.25) is 0 Å². The van der Waals surface area contributed by atoms with Crippen LogP contribution in [0.25, 0.3) is 0 Å². The summed E-state index contributed by atoms with van der Waals surface area (Å²) in [5, 5.41) is 10.6. The first-order valence-electron chi connectivity index (χ1n) is 44.8. The Bertz CT molecular complexity index is 1980. The summed E-state index contributed by atoms with van der Waals surface area (Å²) in [6, 6.07) is 0. The highest BCUT2D eigenvalue weighted by Crippen LogP contribution is 2.45. The minimum atomic E-state index is -4.96. The predicted octanol–water partition coefficient (Wildman–Crippen LogP) is 26.5. The fourth-order valence-corrected chi connectivity index (χ4v) is 15.1. The molecule has 2 unspecified atom stereocenters. The van der Waals surface area contributed by atoms with Crippen molar-refractivity contribution in [3.63, 3.8) is 0 Å². The van der Waals surface area contributed by atoms with Crippen molar-refractivity contribution in [3.8, 4) is 0 Å². The van der Waals surface area contributed by atoms with Crippen molar-refractivity contribution in [2.24, 2.45) is 0 Å². The molecule has 0 radical (unpaired) electrons. The van der Waals surface area contributed by atoms with Gasteiger partial charge in [-0.15, -0.1) is 0 Å². The molecule has 0 aromatic carbocycles. The minimum Gasteiger partial charge on any atom is -0.462 e. The third-order valence-electron chi connectivity index (χ3n) is 20.4. The van der Waals surface area contributed by atoms with E-state index in [1.165, 1.54) is 289 Å². The first-order chi connectivity index (χ1) is 51.2. The van der Waals surface area contributed by atoms with Crippen molar-refractivity contribution >= 4 is 39.5 Å². The van der Waals surface area contributed by atoms with Gasteiger partial charge >= 0.3 is 39.5 Å². The van der Waals surface area contributed by atoms with Gasteiger partial charge in [0.1, 0.15) is 19.3 Å². The highest BCUT2D eigenvalue weighted by molar-refractivity contribution is 7.47. The average Bonchev–Trinajstić information content (AvgIpc) is 1.05. The first kappa shape index (κ1) is 103. The molecule has 0 aromatic rings. The maximum absolute atomic E-state index is 13.1. The van der Waals surface area contributed by atoms with Gasteiger partial charge in [0.05, 0.1) is 26.4 Å². The fraction of sp³-hybridized carbons (Fsp3) is 0.953. The molecule has 5 atom stereocenters. The summed E-state index contributed by atoms with van der Waals surface area (Å²) in [6.45, 7) is 5.00. The molecule has 19 heteroatoms. The third kappa shape index (κ3) is 79.9. The molecule has 0 aliphatic heterocycles. The van der Waals surface area contributed by atoms with E-state index in [9.17, 15) is 43.2 Å². The van der Waals surface area contributed by atoms with Crippen LogP contribution in [0.5, 0.6) is 0 Å². The topological polar surface area (TPSA) is 237 Å². The first-order valence-corrected chi connectivity index (χ1v) is 47.8. The Morgan fingerprint density at radius 3 is 0.562 bits per heavy atom. The van der Waals surface area contributed by atoms with E-state index >= 15 is 0 Å². The van der Waals surface area contributed by atoms with Gasteiger partial charge in [-0.2, -0.15) is 0 Å². The van der Waals surface area contributed by atoms with E-state index in [4.69, 9.17) is 37.0 Å². The molecule has 3 N–H and O–H groups in total. The van der Waals surface area contributed by atoms with Crippen molar-refractivity contribution in [1.29, 1.82) is 0 Å². The molecule has 624 valence electrons. The second-order valence-electron chi connectivity index (χ2n) is 30.9. The molecule has 0 aromatic heterocycles. The number of esters is 4. The van der Waals surface area contributed by atoms with Crippen LogP contribution in [0.3, 0.4) is 0 Å². The number of aliphatic hydroxyl groups excluding tert-OH is 1. The molecule has 0 spiro atoms. The van der Waals surface area contributed by atoms with Gasteiger partial charge in [-0.05, 0) is 25.7 Å². The summed E-state index contributed by atoms with van der Waals surface area (Å²) in [4.78, 5) is 73.0. The average molecular weight is 1540 g/mol. The lowest BCUT2D eigenvalue weighted by atomic mass is 10.0. The SMILES string of the molecule is CCCCCCCCCCCCCCCCCCCCCCCCC(=O)OC[C@H](COP(=O)(O)OC[C@@H](O)COP(=O)(O)OC[C@@H](COC(=O)CCCCCCCCC)OC(=O)CCCCCCCCCCCCCCCC)OC(=O)CCCCCCCCCCCCCCCCCCCCCCCC. The number of hydrogen-bond acceptors (Lipinski definition) is 15. The van der Waals surface area contributed by atoms with Crippen LogP contribution in [-0.4, -0.2) is 96.7 Å².